The minimum Gasteiger partial charge on any atom is -0.379 e. The lowest BCUT2D eigenvalue weighted by atomic mass is 9.79. The molecule has 0 spiro atoms. The second-order valence-corrected chi connectivity index (χ2v) is 6.87. The van der Waals surface area contributed by atoms with Gasteiger partial charge < -0.3 is 10.1 Å². The number of nitrogens with zero attached hydrogens (tertiary/aromatic N) is 2. The molecule has 7 heteroatoms. The smallest absolute Gasteiger partial charge is 0.270 e. The Morgan fingerprint density at radius 2 is 1.96 bits per heavy atom. The molecule has 1 aromatic carbocycles. The topological polar surface area (TPSA) is 84.7 Å². The number of rotatable bonds is 5. The Balaban J connectivity index is 1.69. The molecule has 25 heavy (non-hydrogen) atoms. The van der Waals surface area contributed by atoms with Gasteiger partial charge >= 0.3 is 0 Å². The van der Waals surface area contributed by atoms with E-state index in [4.69, 9.17) is 4.74 Å². The minimum atomic E-state index is -0.479. The Morgan fingerprint density at radius 1 is 1.24 bits per heavy atom. The number of nitrogens with one attached hydrogen (secondary N) is 1. The monoisotopic (exact) mass is 347 g/mol. The normalized spacial score (nSPS) is 20.8. The number of hydrogen-bond donors (Lipinski definition) is 1. The molecule has 2 fully saturated rings. The molecular weight excluding hydrogens is 322 g/mol. The lowest BCUT2D eigenvalue weighted by Crippen LogP contribution is -2.59. The highest BCUT2D eigenvalue weighted by molar-refractivity contribution is 5.94. The number of amides is 1. The van der Waals surface area contributed by atoms with Gasteiger partial charge in [-0.05, 0) is 18.9 Å². The third kappa shape index (κ3) is 4.16. The number of nitro benzene ring substituents is 1. The lowest BCUT2D eigenvalue weighted by Gasteiger charge is -2.48. The predicted octanol–water partition coefficient (Wildman–Crippen LogP) is 2.36. The number of non-ortho nitro benzene ring substituents is 1. The lowest BCUT2D eigenvalue weighted by molar-refractivity contribution is -0.384. The van der Waals surface area contributed by atoms with Crippen LogP contribution < -0.4 is 5.32 Å². The summed E-state index contributed by atoms with van der Waals surface area (Å²) in [4.78, 5) is 25.4. The van der Waals surface area contributed by atoms with E-state index in [0.29, 0.717) is 12.1 Å². The molecule has 1 heterocycles. The van der Waals surface area contributed by atoms with E-state index in [1.54, 1.807) is 12.1 Å². The number of benzene rings is 1. The van der Waals surface area contributed by atoms with Crippen LogP contribution in [0.4, 0.5) is 5.69 Å². The van der Waals surface area contributed by atoms with Gasteiger partial charge in [-0.15, -0.1) is 0 Å². The van der Waals surface area contributed by atoms with Crippen LogP contribution in [-0.2, 0) is 4.74 Å². The van der Waals surface area contributed by atoms with Crippen molar-refractivity contribution in [2.75, 3.05) is 32.8 Å². The van der Waals surface area contributed by atoms with Crippen molar-refractivity contribution < 1.29 is 14.5 Å². The highest BCUT2D eigenvalue weighted by atomic mass is 16.6. The van der Waals surface area contributed by atoms with Gasteiger partial charge in [-0.25, -0.2) is 0 Å². The van der Waals surface area contributed by atoms with Gasteiger partial charge in [0.1, 0.15) is 0 Å². The summed E-state index contributed by atoms with van der Waals surface area (Å²) in [5.41, 5.74) is 0.258. The van der Waals surface area contributed by atoms with Crippen molar-refractivity contribution in [1.29, 1.82) is 0 Å². The van der Waals surface area contributed by atoms with Crippen molar-refractivity contribution in [1.82, 2.24) is 10.2 Å². The van der Waals surface area contributed by atoms with E-state index in [0.717, 1.165) is 39.1 Å². The standard InChI is InChI=1S/C18H25N3O4/c22-17(15-5-4-6-16(13-15)21(23)24)19-14-18(7-2-1-3-8-18)20-9-11-25-12-10-20/h4-6,13H,1-3,7-12,14H2,(H,19,22). The van der Waals surface area contributed by atoms with E-state index in [2.05, 4.69) is 10.2 Å². The van der Waals surface area contributed by atoms with Crippen LogP contribution in [0, 0.1) is 10.1 Å². The summed E-state index contributed by atoms with van der Waals surface area (Å²) in [5.74, 6) is -0.248. The first-order valence-electron chi connectivity index (χ1n) is 8.96. The number of morpholine rings is 1. The van der Waals surface area contributed by atoms with Crippen LogP contribution in [0.3, 0.4) is 0 Å². The average Bonchev–Trinajstić information content (AvgIpc) is 2.67. The van der Waals surface area contributed by atoms with Gasteiger partial charge in [0.2, 0.25) is 0 Å². The Labute approximate surface area is 147 Å². The predicted molar refractivity (Wildman–Crippen MR) is 93.6 cm³/mol. The molecule has 1 aliphatic heterocycles. The van der Waals surface area contributed by atoms with E-state index in [-0.39, 0.29) is 17.1 Å². The van der Waals surface area contributed by atoms with Crippen LogP contribution >= 0.6 is 0 Å². The van der Waals surface area contributed by atoms with E-state index < -0.39 is 4.92 Å². The summed E-state index contributed by atoms with van der Waals surface area (Å²) in [5, 5.41) is 13.9. The second-order valence-electron chi connectivity index (χ2n) is 6.87. The molecule has 1 saturated carbocycles. The average molecular weight is 347 g/mol. The minimum absolute atomic E-state index is 0.0155. The summed E-state index contributed by atoms with van der Waals surface area (Å²) in [6.07, 6.45) is 5.73. The molecule has 1 amide bonds. The first kappa shape index (κ1) is 17.8. The fourth-order valence-electron chi connectivity index (χ4n) is 3.96. The molecule has 2 aliphatic rings. The van der Waals surface area contributed by atoms with Crippen molar-refractivity contribution in [3.63, 3.8) is 0 Å². The van der Waals surface area contributed by atoms with Gasteiger partial charge in [-0.1, -0.05) is 25.3 Å². The van der Waals surface area contributed by atoms with Crippen LogP contribution in [0.15, 0.2) is 24.3 Å². The Bertz CT molecular complexity index is 623. The van der Waals surface area contributed by atoms with Crippen LogP contribution in [0.5, 0.6) is 0 Å². The zero-order valence-electron chi connectivity index (χ0n) is 14.4. The zero-order valence-corrected chi connectivity index (χ0v) is 14.4. The third-order valence-electron chi connectivity index (χ3n) is 5.36. The van der Waals surface area contributed by atoms with E-state index in [1.807, 2.05) is 0 Å². The SMILES string of the molecule is O=C(NCC1(N2CCOCC2)CCCCC1)c1cccc([N+](=O)[O-])c1. The third-order valence-corrected chi connectivity index (χ3v) is 5.36. The molecule has 0 unspecified atom stereocenters. The highest BCUT2D eigenvalue weighted by Crippen LogP contribution is 2.34. The first-order valence-corrected chi connectivity index (χ1v) is 8.96. The summed E-state index contributed by atoms with van der Waals surface area (Å²) in [6, 6.07) is 5.89. The fraction of sp³-hybridized carbons (Fsp3) is 0.611. The number of hydrogen-bond acceptors (Lipinski definition) is 5. The fourth-order valence-corrected chi connectivity index (χ4v) is 3.96. The van der Waals surface area contributed by atoms with Crippen molar-refractivity contribution in [2.45, 2.75) is 37.6 Å². The van der Waals surface area contributed by atoms with Crippen molar-refractivity contribution in [3.05, 3.63) is 39.9 Å². The van der Waals surface area contributed by atoms with Gasteiger partial charge in [0.15, 0.2) is 0 Å². The second kappa shape index (κ2) is 7.93. The summed E-state index contributed by atoms with van der Waals surface area (Å²) in [7, 11) is 0. The molecule has 7 nitrogen and oxygen atoms in total. The van der Waals surface area contributed by atoms with Crippen LogP contribution in [0.25, 0.3) is 0 Å². The quantitative estimate of drug-likeness (QED) is 0.653. The molecular formula is C18H25N3O4. The number of carbonyl (C=O) groups excluding carboxylic acids is 1. The molecule has 3 rings (SSSR count). The summed E-state index contributed by atoms with van der Waals surface area (Å²) >= 11 is 0. The van der Waals surface area contributed by atoms with Crippen molar-refractivity contribution >= 4 is 11.6 Å². The van der Waals surface area contributed by atoms with Gasteiger partial charge in [-0.2, -0.15) is 0 Å². The molecule has 136 valence electrons. The van der Waals surface area contributed by atoms with Crippen molar-refractivity contribution in [3.8, 4) is 0 Å². The largest absolute Gasteiger partial charge is 0.379 e. The van der Waals surface area contributed by atoms with Gasteiger partial charge in [0, 0.05) is 42.9 Å². The number of ether oxygens (including phenoxy) is 1. The van der Waals surface area contributed by atoms with Crippen LogP contribution in [0.1, 0.15) is 42.5 Å². The van der Waals surface area contributed by atoms with E-state index in [9.17, 15) is 14.9 Å². The first-order chi connectivity index (χ1) is 12.1. The molecule has 0 bridgehead atoms. The van der Waals surface area contributed by atoms with Crippen LogP contribution in [0.2, 0.25) is 0 Å². The molecule has 0 atom stereocenters. The van der Waals surface area contributed by atoms with Crippen molar-refractivity contribution in [2.24, 2.45) is 0 Å². The molecule has 1 saturated heterocycles. The van der Waals surface area contributed by atoms with E-state index in [1.165, 1.54) is 31.4 Å². The molecule has 1 N–H and O–H groups in total. The highest BCUT2D eigenvalue weighted by Gasteiger charge is 2.38. The zero-order chi connectivity index (χ0) is 17.7. The Hall–Kier alpha value is -1.99. The summed E-state index contributed by atoms with van der Waals surface area (Å²) in [6.45, 7) is 3.84. The molecule has 1 aliphatic carbocycles. The maximum atomic E-state index is 12.5. The molecule has 1 aromatic rings. The number of carbonyl (C=O) groups is 1. The van der Waals surface area contributed by atoms with E-state index >= 15 is 0 Å². The van der Waals surface area contributed by atoms with Gasteiger partial charge in [0.05, 0.1) is 18.1 Å². The van der Waals surface area contributed by atoms with Gasteiger partial charge in [0.25, 0.3) is 11.6 Å². The van der Waals surface area contributed by atoms with Gasteiger partial charge in [-0.3, -0.25) is 19.8 Å². The Kier molecular flexibility index (Phi) is 5.65. The molecule has 0 aromatic heterocycles. The number of nitro groups is 1. The summed E-state index contributed by atoms with van der Waals surface area (Å²) < 4.78 is 5.47. The Morgan fingerprint density at radius 3 is 2.64 bits per heavy atom. The maximum Gasteiger partial charge on any atom is 0.270 e. The molecule has 0 radical (unpaired) electrons. The maximum absolute atomic E-state index is 12.5. The van der Waals surface area contributed by atoms with Crippen LogP contribution in [-0.4, -0.2) is 54.1 Å².